The monoisotopic (exact) mass is 556 g/mol. The van der Waals surface area contributed by atoms with Crippen molar-refractivity contribution in [1.29, 1.82) is 0 Å². The second-order valence-electron chi connectivity index (χ2n) is 11.3. The number of halogens is 2. The largest absolute Gasteiger partial charge is 1.00 e. The second kappa shape index (κ2) is 12.3. The van der Waals surface area contributed by atoms with Gasteiger partial charge < -0.3 is 24.8 Å². The zero-order valence-electron chi connectivity index (χ0n) is 21.6. The molecule has 2 aliphatic heterocycles. The van der Waals surface area contributed by atoms with Gasteiger partial charge in [-0.2, -0.15) is 0 Å². The molecular formula is C28H46Cl2Si2Ti. The van der Waals surface area contributed by atoms with Crippen LogP contribution in [-0.4, -0.2) is 16.1 Å². The normalized spacial score (nSPS) is 30.3. The zero-order valence-corrected chi connectivity index (χ0v) is 26.7. The third-order valence-corrected chi connectivity index (χ3v) is 23.7. The van der Waals surface area contributed by atoms with Crippen molar-refractivity contribution >= 4 is 16.1 Å². The molecule has 2 fully saturated rings. The van der Waals surface area contributed by atoms with Gasteiger partial charge in [-0.1, -0.05) is 0 Å². The summed E-state index contributed by atoms with van der Waals surface area (Å²) in [6.07, 6.45) is 28.0. The molecule has 0 bridgehead atoms. The van der Waals surface area contributed by atoms with Crippen molar-refractivity contribution in [2.45, 2.75) is 123 Å². The van der Waals surface area contributed by atoms with Crippen LogP contribution < -0.4 is 24.8 Å². The van der Waals surface area contributed by atoms with Gasteiger partial charge in [0.2, 0.25) is 0 Å². The van der Waals surface area contributed by atoms with Crippen molar-refractivity contribution in [3.63, 3.8) is 0 Å². The summed E-state index contributed by atoms with van der Waals surface area (Å²) in [7, 11) is -2.19. The smallest absolute Gasteiger partial charge is 1.00 e. The van der Waals surface area contributed by atoms with Gasteiger partial charge in [0.1, 0.15) is 0 Å². The van der Waals surface area contributed by atoms with E-state index in [1.165, 1.54) is 63.5 Å². The fourth-order valence-corrected chi connectivity index (χ4v) is 18.5. The molecule has 184 valence electrons. The Labute approximate surface area is 228 Å². The van der Waals surface area contributed by atoms with Gasteiger partial charge in [-0.15, -0.1) is 0 Å². The molecule has 2 saturated heterocycles. The van der Waals surface area contributed by atoms with Gasteiger partial charge in [-0.05, 0) is 0 Å². The summed E-state index contributed by atoms with van der Waals surface area (Å²) in [5.74, 6) is 0. The molecule has 0 nitrogen and oxygen atoms in total. The van der Waals surface area contributed by atoms with Crippen LogP contribution in [0.15, 0.2) is 46.8 Å². The summed E-state index contributed by atoms with van der Waals surface area (Å²) >= 11 is -0.167. The molecule has 2 atom stereocenters. The summed E-state index contributed by atoms with van der Waals surface area (Å²) in [5.41, 5.74) is 0. The standard InChI is InChI=1S/2C14H23Si.2ClH.Ti/c2*1-3-5-7-13-8-9-14(12-13)15(4-2)10-6-11-15;;;/h2*8-9,12H,3-7,10-11H2,1-2H3;2*1H;/q;;;;+2/p-2. The fourth-order valence-electron chi connectivity index (χ4n) is 6.75. The summed E-state index contributed by atoms with van der Waals surface area (Å²) < 4.78 is 0.890. The maximum absolute atomic E-state index is 2.90. The molecule has 0 amide bonds. The van der Waals surface area contributed by atoms with Crippen LogP contribution in [0.2, 0.25) is 43.7 Å². The predicted octanol–water partition coefficient (Wildman–Crippen LogP) is 3.59. The molecule has 0 spiro atoms. The van der Waals surface area contributed by atoms with E-state index in [1.807, 2.05) is 10.4 Å². The minimum atomic E-state index is -1.10. The molecule has 4 rings (SSSR count). The second-order valence-corrected chi connectivity index (χ2v) is 24.2. The van der Waals surface area contributed by atoms with E-state index in [1.54, 1.807) is 24.2 Å². The number of rotatable bonds is 12. The van der Waals surface area contributed by atoms with Crippen LogP contribution >= 0.6 is 0 Å². The molecular weight excluding hydrogens is 511 g/mol. The van der Waals surface area contributed by atoms with Crippen molar-refractivity contribution in [3.05, 3.63) is 46.8 Å². The molecule has 0 aromatic rings. The first-order valence-corrected chi connectivity index (χ1v) is 20.4. The first kappa shape index (κ1) is 29.9. The zero-order chi connectivity index (χ0) is 22.0. The molecule has 33 heavy (non-hydrogen) atoms. The van der Waals surface area contributed by atoms with Gasteiger partial charge in [0, 0.05) is 0 Å². The molecule has 0 aromatic heterocycles. The van der Waals surface area contributed by atoms with E-state index < -0.39 is 16.1 Å². The molecule has 0 N–H and O–H groups in total. The van der Waals surface area contributed by atoms with Crippen molar-refractivity contribution < 1.29 is 44.0 Å². The summed E-state index contributed by atoms with van der Waals surface area (Å²) in [4.78, 5) is 0. The van der Waals surface area contributed by atoms with Gasteiger partial charge >= 0.3 is 205 Å². The Hall–Kier alpha value is 0.688. The summed E-state index contributed by atoms with van der Waals surface area (Å²) in [5, 5.41) is 3.74. The predicted molar refractivity (Wildman–Crippen MR) is 140 cm³/mol. The van der Waals surface area contributed by atoms with Crippen LogP contribution in [0.25, 0.3) is 0 Å². The van der Waals surface area contributed by atoms with E-state index in [0.29, 0.717) is 7.44 Å². The van der Waals surface area contributed by atoms with Crippen LogP contribution in [0.4, 0.5) is 0 Å². The van der Waals surface area contributed by atoms with Gasteiger partial charge in [0.25, 0.3) is 0 Å². The van der Waals surface area contributed by atoms with Gasteiger partial charge in [-0.3, -0.25) is 0 Å². The molecule has 2 aliphatic carbocycles. The maximum Gasteiger partial charge on any atom is -1.00 e. The molecule has 0 radical (unpaired) electrons. The maximum atomic E-state index is 2.90. The average molecular weight is 558 g/mol. The fraction of sp³-hybridized carbons (Fsp3) is 0.714. The topological polar surface area (TPSA) is 0 Å². The Morgan fingerprint density at radius 1 is 0.697 bits per heavy atom. The minimum absolute atomic E-state index is 0. The van der Waals surface area contributed by atoms with Crippen molar-refractivity contribution in [1.82, 2.24) is 0 Å². The summed E-state index contributed by atoms with van der Waals surface area (Å²) in [6.45, 7) is 9.76. The molecule has 2 unspecified atom stereocenters. The first-order chi connectivity index (χ1) is 15.0. The van der Waals surface area contributed by atoms with Crippen molar-refractivity contribution in [3.8, 4) is 0 Å². The van der Waals surface area contributed by atoms with Crippen LogP contribution in [0.5, 0.6) is 0 Å². The average Bonchev–Trinajstić information content (AvgIpc) is 3.31. The Morgan fingerprint density at radius 3 is 1.36 bits per heavy atom. The number of hydrogen-bond acceptors (Lipinski definition) is 0. The van der Waals surface area contributed by atoms with E-state index >= 15 is 0 Å². The molecule has 0 aromatic carbocycles. The van der Waals surface area contributed by atoms with Crippen LogP contribution in [0, 0.1) is 0 Å². The van der Waals surface area contributed by atoms with E-state index in [4.69, 9.17) is 0 Å². The van der Waals surface area contributed by atoms with Crippen molar-refractivity contribution in [2.24, 2.45) is 0 Å². The Kier molecular flexibility index (Phi) is 11.1. The van der Waals surface area contributed by atoms with Gasteiger partial charge in [0.15, 0.2) is 0 Å². The SMILES string of the molecule is CCCC[C]1([Ti+2][C]2(CCCC)C=CC([Si]3(CC)CCC3)=C2)C=CC([Si]2(CC)CCC2)=C1.[Cl-].[Cl-]. The first-order valence-electron chi connectivity index (χ1n) is 13.6. The van der Waals surface area contributed by atoms with E-state index in [9.17, 15) is 0 Å². The van der Waals surface area contributed by atoms with E-state index in [2.05, 4.69) is 64.2 Å². The third-order valence-electron chi connectivity index (χ3n) is 9.50. The van der Waals surface area contributed by atoms with Crippen LogP contribution in [-0.2, 0) is 19.2 Å². The number of unbranched alkanes of at least 4 members (excludes halogenated alkanes) is 2. The summed E-state index contributed by atoms with van der Waals surface area (Å²) in [6, 6.07) is 9.22. The Morgan fingerprint density at radius 2 is 1.09 bits per heavy atom. The Balaban J connectivity index is 0.00000193. The quantitative estimate of drug-likeness (QED) is 0.322. The van der Waals surface area contributed by atoms with Crippen LogP contribution in [0.3, 0.4) is 0 Å². The van der Waals surface area contributed by atoms with E-state index in [-0.39, 0.29) is 44.0 Å². The molecule has 0 saturated carbocycles. The molecule has 5 heteroatoms. The van der Waals surface area contributed by atoms with Gasteiger partial charge in [-0.25, -0.2) is 0 Å². The van der Waals surface area contributed by atoms with E-state index in [0.717, 1.165) is 0 Å². The number of allylic oxidation sites excluding steroid dienone is 8. The third kappa shape index (κ3) is 5.83. The molecule has 2 heterocycles. The van der Waals surface area contributed by atoms with Crippen LogP contribution in [0.1, 0.15) is 79.1 Å². The number of hydrogen-bond donors (Lipinski definition) is 0. The van der Waals surface area contributed by atoms with Crippen molar-refractivity contribution in [2.75, 3.05) is 0 Å². The Bertz CT molecular complexity index is 704. The van der Waals surface area contributed by atoms with Gasteiger partial charge in [0.05, 0.1) is 0 Å². The molecule has 4 aliphatic rings. The minimum Gasteiger partial charge on any atom is -1.00 e.